The van der Waals surface area contributed by atoms with Gasteiger partial charge in [-0.1, -0.05) is 24.3 Å². The normalized spacial score (nSPS) is 11.8. The number of nitrogens with one attached hydrogen (secondary N) is 1. The summed E-state index contributed by atoms with van der Waals surface area (Å²) in [4.78, 5) is 25.0. The van der Waals surface area contributed by atoms with Crippen molar-refractivity contribution in [1.29, 1.82) is 0 Å². The second-order valence-corrected chi connectivity index (χ2v) is 6.50. The van der Waals surface area contributed by atoms with Crippen molar-refractivity contribution in [2.75, 3.05) is 12.4 Å². The van der Waals surface area contributed by atoms with Gasteiger partial charge in [-0.3, -0.25) is 4.79 Å². The predicted octanol–water partition coefficient (Wildman–Crippen LogP) is 4.09. The SMILES string of the molecule is COc1cccc(NC(=O)[C@H](C)OC(=O)c2cc3ccccc3s2)c1. The van der Waals surface area contributed by atoms with Crippen LogP contribution in [0.25, 0.3) is 10.1 Å². The van der Waals surface area contributed by atoms with Crippen molar-refractivity contribution in [3.63, 3.8) is 0 Å². The molecule has 1 atom stereocenters. The number of fused-ring (bicyclic) bond motifs is 1. The second-order valence-electron chi connectivity index (χ2n) is 5.42. The van der Waals surface area contributed by atoms with Gasteiger partial charge in [0.2, 0.25) is 0 Å². The first-order chi connectivity index (χ1) is 12.1. The van der Waals surface area contributed by atoms with E-state index < -0.39 is 18.0 Å². The summed E-state index contributed by atoms with van der Waals surface area (Å²) in [6, 6.07) is 16.4. The van der Waals surface area contributed by atoms with Gasteiger partial charge in [0, 0.05) is 16.5 Å². The Morgan fingerprint density at radius 2 is 1.88 bits per heavy atom. The van der Waals surface area contributed by atoms with E-state index in [0.717, 1.165) is 10.1 Å². The van der Waals surface area contributed by atoms with Crippen molar-refractivity contribution in [1.82, 2.24) is 0 Å². The summed E-state index contributed by atoms with van der Waals surface area (Å²) < 4.78 is 11.4. The zero-order valence-corrected chi connectivity index (χ0v) is 14.6. The van der Waals surface area contributed by atoms with Crippen molar-refractivity contribution in [2.45, 2.75) is 13.0 Å². The molecule has 25 heavy (non-hydrogen) atoms. The molecule has 0 radical (unpaired) electrons. The van der Waals surface area contributed by atoms with Gasteiger partial charge in [-0.25, -0.2) is 4.79 Å². The van der Waals surface area contributed by atoms with Crippen LogP contribution in [0, 0.1) is 0 Å². The lowest BCUT2D eigenvalue weighted by molar-refractivity contribution is -0.123. The fourth-order valence-corrected chi connectivity index (χ4v) is 3.25. The summed E-state index contributed by atoms with van der Waals surface area (Å²) >= 11 is 1.35. The molecule has 0 aliphatic carbocycles. The van der Waals surface area contributed by atoms with Crippen molar-refractivity contribution in [3.8, 4) is 5.75 Å². The van der Waals surface area contributed by atoms with Crippen molar-refractivity contribution < 1.29 is 19.1 Å². The first-order valence-corrected chi connectivity index (χ1v) is 8.53. The van der Waals surface area contributed by atoms with E-state index in [4.69, 9.17) is 9.47 Å². The summed E-state index contributed by atoms with van der Waals surface area (Å²) in [5, 5.41) is 3.69. The maximum atomic E-state index is 12.3. The Morgan fingerprint density at radius 1 is 1.08 bits per heavy atom. The fraction of sp³-hybridized carbons (Fsp3) is 0.158. The quantitative estimate of drug-likeness (QED) is 0.700. The average molecular weight is 355 g/mol. The van der Waals surface area contributed by atoms with E-state index in [0.29, 0.717) is 16.3 Å². The maximum absolute atomic E-state index is 12.3. The van der Waals surface area contributed by atoms with Gasteiger partial charge in [0.25, 0.3) is 5.91 Å². The lowest BCUT2D eigenvalue weighted by atomic mass is 10.2. The molecule has 6 heteroatoms. The van der Waals surface area contributed by atoms with Gasteiger partial charge in [0.15, 0.2) is 6.10 Å². The molecule has 1 amide bonds. The average Bonchev–Trinajstić information content (AvgIpc) is 3.06. The second kappa shape index (κ2) is 7.36. The molecule has 0 unspecified atom stereocenters. The van der Waals surface area contributed by atoms with Crippen LogP contribution in [0.5, 0.6) is 5.75 Å². The number of esters is 1. The number of amides is 1. The van der Waals surface area contributed by atoms with Crippen LogP contribution in [0.2, 0.25) is 0 Å². The minimum absolute atomic E-state index is 0.400. The summed E-state index contributed by atoms with van der Waals surface area (Å²) in [5.41, 5.74) is 0.578. The molecular formula is C19H17NO4S. The van der Waals surface area contributed by atoms with Gasteiger partial charge in [-0.05, 0) is 36.6 Å². The Hall–Kier alpha value is -2.86. The number of thiophene rings is 1. The number of rotatable bonds is 5. The largest absolute Gasteiger partial charge is 0.497 e. The maximum Gasteiger partial charge on any atom is 0.349 e. The fourth-order valence-electron chi connectivity index (χ4n) is 2.30. The number of hydrogen-bond donors (Lipinski definition) is 1. The number of carbonyl (C=O) groups excluding carboxylic acids is 2. The van der Waals surface area contributed by atoms with Crippen molar-refractivity contribution in [3.05, 3.63) is 59.5 Å². The summed E-state index contributed by atoms with van der Waals surface area (Å²) in [7, 11) is 1.55. The van der Waals surface area contributed by atoms with Crippen molar-refractivity contribution in [2.24, 2.45) is 0 Å². The Morgan fingerprint density at radius 3 is 2.64 bits per heavy atom. The number of benzene rings is 2. The van der Waals surface area contributed by atoms with E-state index in [2.05, 4.69) is 5.32 Å². The molecule has 0 saturated carbocycles. The zero-order valence-electron chi connectivity index (χ0n) is 13.8. The third-order valence-corrected chi connectivity index (χ3v) is 4.71. The van der Waals surface area contributed by atoms with E-state index in [9.17, 15) is 9.59 Å². The van der Waals surface area contributed by atoms with Gasteiger partial charge < -0.3 is 14.8 Å². The van der Waals surface area contributed by atoms with Crippen LogP contribution in [-0.4, -0.2) is 25.1 Å². The smallest absolute Gasteiger partial charge is 0.349 e. The van der Waals surface area contributed by atoms with Crippen LogP contribution in [0.3, 0.4) is 0 Å². The van der Waals surface area contributed by atoms with Crippen LogP contribution >= 0.6 is 11.3 Å². The monoisotopic (exact) mass is 355 g/mol. The Kier molecular flexibility index (Phi) is 5.00. The number of methoxy groups -OCH3 is 1. The Balaban J connectivity index is 1.65. The molecule has 0 spiro atoms. The molecule has 0 aliphatic rings. The van der Waals surface area contributed by atoms with E-state index in [1.807, 2.05) is 24.3 Å². The van der Waals surface area contributed by atoms with Gasteiger partial charge in [0.05, 0.1) is 7.11 Å². The molecule has 3 rings (SSSR count). The molecule has 0 aliphatic heterocycles. The molecule has 1 heterocycles. The molecule has 2 aromatic carbocycles. The Bertz CT molecular complexity index is 885. The van der Waals surface area contributed by atoms with Crippen LogP contribution in [0.15, 0.2) is 54.6 Å². The lowest BCUT2D eigenvalue weighted by Crippen LogP contribution is -2.29. The molecule has 0 saturated heterocycles. The highest BCUT2D eigenvalue weighted by Crippen LogP contribution is 2.26. The minimum atomic E-state index is -0.913. The van der Waals surface area contributed by atoms with Gasteiger partial charge >= 0.3 is 5.97 Å². The highest BCUT2D eigenvalue weighted by molar-refractivity contribution is 7.20. The molecule has 1 aromatic heterocycles. The van der Waals surface area contributed by atoms with Crippen LogP contribution in [0.4, 0.5) is 5.69 Å². The van der Waals surface area contributed by atoms with E-state index >= 15 is 0 Å². The van der Waals surface area contributed by atoms with E-state index in [1.54, 1.807) is 44.4 Å². The molecule has 0 fully saturated rings. The van der Waals surface area contributed by atoms with E-state index in [-0.39, 0.29) is 0 Å². The standard InChI is InChI=1S/C19H17NO4S/c1-12(18(21)20-14-7-5-8-15(11-14)23-2)24-19(22)17-10-13-6-3-4-9-16(13)25-17/h3-12H,1-2H3,(H,20,21)/t12-/m0/s1. The number of hydrogen-bond acceptors (Lipinski definition) is 5. The van der Waals surface area contributed by atoms with E-state index in [1.165, 1.54) is 11.3 Å². The number of carbonyl (C=O) groups is 2. The third-order valence-electron chi connectivity index (χ3n) is 3.62. The predicted molar refractivity (Wildman–Crippen MR) is 98.3 cm³/mol. The third kappa shape index (κ3) is 3.97. The van der Waals surface area contributed by atoms with Crippen molar-refractivity contribution >= 4 is 39.0 Å². The molecule has 3 aromatic rings. The molecule has 1 N–H and O–H groups in total. The highest BCUT2D eigenvalue weighted by atomic mass is 32.1. The first-order valence-electron chi connectivity index (χ1n) is 7.71. The molecule has 5 nitrogen and oxygen atoms in total. The highest BCUT2D eigenvalue weighted by Gasteiger charge is 2.20. The summed E-state index contributed by atoms with van der Waals surface area (Å²) in [5.74, 6) is -0.273. The van der Waals surface area contributed by atoms with Crippen LogP contribution in [-0.2, 0) is 9.53 Å². The van der Waals surface area contributed by atoms with Gasteiger partial charge in [-0.2, -0.15) is 0 Å². The van der Waals surface area contributed by atoms with Gasteiger partial charge in [-0.15, -0.1) is 11.3 Å². The number of ether oxygens (including phenoxy) is 2. The zero-order chi connectivity index (χ0) is 17.8. The molecule has 0 bridgehead atoms. The van der Waals surface area contributed by atoms with Gasteiger partial charge in [0.1, 0.15) is 10.6 Å². The van der Waals surface area contributed by atoms with Crippen LogP contribution < -0.4 is 10.1 Å². The summed E-state index contributed by atoms with van der Waals surface area (Å²) in [6.45, 7) is 1.54. The lowest BCUT2D eigenvalue weighted by Gasteiger charge is -2.13. The first kappa shape index (κ1) is 17.0. The number of anilines is 1. The molecular weight excluding hydrogens is 338 g/mol. The topological polar surface area (TPSA) is 64.6 Å². The summed E-state index contributed by atoms with van der Waals surface area (Å²) in [6.07, 6.45) is -0.913. The molecule has 128 valence electrons. The van der Waals surface area contributed by atoms with Crippen LogP contribution in [0.1, 0.15) is 16.6 Å². The Labute approximate surface area is 149 Å². The minimum Gasteiger partial charge on any atom is -0.497 e.